The lowest BCUT2D eigenvalue weighted by Gasteiger charge is -2.30. The van der Waals surface area contributed by atoms with Crippen LogP contribution in [0, 0.1) is 0 Å². The molecule has 1 saturated heterocycles. The molecule has 0 bridgehead atoms. The largest absolute Gasteiger partial charge is 0.416 e. The summed E-state index contributed by atoms with van der Waals surface area (Å²) < 4.78 is 65.6. The van der Waals surface area contributed by atoms with E-state index in [-0.39, 0.29) is 30.1 Å². The number of nitrogens with one attached hydrogen (secondary N) is 2. The van der Waals surface area contributed by atoms with E-state index in [2.05, 4.69) is 10.0 Å². The molecule has 1 fully saturated rings. The summed E-state index contributed by atoms with van der Waals surface area (Å²) in [6, 6.07) is 4.42. The van der Waals surface area contributed by atoms with Gasteiger partial charge in [0.15, 0.2) is 0 Å². The van der Waals surface area contributed by atoms with Gasteiger partial charge in [-0.05, 0) is 37.9 Å². The molecule has 132 valence electrons. The SMILES string of the molecule is CC1NCCCC1NS(=O)(=O)Cc1ccccc1C(F)(F)F.Cl. The van der Waals surface area contributed by atoms with Crippen LogP contribution in [0.25, 0.3) is 0 Å². The number of rotatable bonds is 4. The van der Waals surface area contributed by atoms with E-state index in [0.29, 0.717) is 6.42 Å². The lowest BCUT2D eigenvalue weighted by atomic mass is 10.0. The van der Waals surface area contributed by atoms with E-state index in [1.165, 1.54) is 18.2 Å². The van der Waals surface area contributed by atoms with Gasteiger partial charge in [-0.15, -0.1) is 12.4 Å². The molecule has 2 rings (SSSR count). The van der Waals surface area contributed by atoms with Gasteiger partial charge in [0.1, 0.15) is 0 Å². The molecule has 1 aromatic carbocycles. The molecule has 0 amide bonds. The predicted molar refractivity (Wildman–Crippen MR) is 84.9 cm³/mol. The van der Waals surface area contributed by atoms with Crippen molar-refractivity contribution in [2.24, 2.45) is 0 Å². The van der Waals surface area contributed by atoms with E-state index < -0.39 is 27.5 Å². The second kappa shape index (κ2) is 7.83. The van der Waals surface area contributed by atoms with Gasteiger partial charge in [-0.2, -0.15) is 13.2 Å². The van der Waals surface area contributed by atoms with Crippen molar-refractivity contribution in [3.05, 3.63) is 35.4 Å². The fourth-order valence-electron chi connectivity index (χ4n) is 2.60. The molecular weight excluding hydrogens is 353 g/mol. The topological polar surface area (TPSA) is 58.2 Å². The number of halogens is 4. The second-order valence-electron chi connectivity index (χ2n) is 5.52. The smallest absolute Gasteiger partial charge is 0.313 e. The van der Waals surface area contributed by atoms with Crippen molar-refractivity contribution in [2.45, 2.75) is 43.8 Å². The van der Waals surface area contributed by atoms with Crippen molar-refractivity contribution in [1.82, 2.24) is 10.0 Å². The van der Waals surface area contributed by atoms with Crippen LogP contribution in [0.5, 0.6) is 0 Å². The molecule has 0 radical (unpaired) electrons. The van der Waals surface area contributed by atoms with Crippen LogP contribution in [-0.4, -0.2) is 27.0 Å². The molecule has 23 heavy (non-hydrogen) atoms. The Kier molecular flexibility index (Phi) is 6.88. The molecule has 0 saturated carbocycles. The van der Waals surface area contributed by atoms with Crippen molar-refractivity contribution < 1.29 is 21.6 Å². The van der Waals surface area contributed by atoms with Crippen molar-refractivity contribution in [2.75, 3.05) is 6.54 Å². The second-order valence-corrected chi connectivity index (χ2v) is 7.28. The fourth-order valence-corrected chi connectivity index (χ4v) is 4.13. The van der Waals surface area contributed by atoms with Crippen LogP contribution in [0.15, 0.2) is 24.3 Å². The minimum atomic E-state index is -4.56. The summed E-state index contributed by atoms with van der Waals surface area (Å²) in [6.07, 6.45) is -3.06. The Morgan fingerprint density at radius 2 is 1.96 bits per heavy atom. The van der Waals surface area contributed by atoms with Crippen LogP contribution >= 0.6 is 12.4 Å². The monoisotopic (exact) mass is 372 g/mol. The highest BCUT2D eigenvalue weighted by Gasteiger charge is 2.34. The number of piperidine rings is 1. The molecule has 0 spiro atoms. The average molecular weight is 373 g/mol. The summed E-state index contributed by atoms with van der Waals surface area (Å²) in [4.78, 5) is 0. The van der Waals surface area contributed by atoms with Crippen molar-refractivity contribution in [3.63, 3.8) is 0 Å². The number of hydrogen-bond acceptors (Lipinski definition) is 3. The van der Waals surface area contributed by atoms with E-state index >= 15 is 0 Å². The third-order valence-electron chi connectivity index (χ3n) is 3.76. The maximum atomic E-state index is 12.9. The van der Waals surface area contributed by atoms with Crippen LogP contribution in [0.3, 0.4) is 0 Å². The van der Waals surface area contributed by atoms with Gasteiger partial charge in [-0.3, -0.25) is 0 Å². The maximum absolute atomic E-state index is 12.9. The van der Waals surface area contributed by atoms with E-state index in [1.807, 2.05) is 6.92 Å². The molecule has 4 nitrogen and oxygen atoms in total. The normalized spacial score (nSPS) is 22.4. The first-order valence-corrected chi connectivity index (χ1v) is 8.73. The van der Waals surface area contributed by atoms with E-state index in [9.17, 15) is 21.6 Å². The van der Waals surface area contributed by atoms with Gasteiger partial charge in [0.05, 0.1) is 11.3 Å². The highest BCUT2D eigenvalue weighted by molar-refractivity contribution is 7.88. The van der Waals surface area contributed by atoms with Crippen LogP contribution in [0.1, 0.15) is 30.9 Å². The molecule has 2 unspecified atom stereocenters. The summed E-state index contributed by atoms with van der Waals surface area (Å²) in [7, 11) is -3.84. The molecule has 1 aliphatic rings. The van der Waals surface area contributed by atoms with Crippen LogP contribution < -0.4 is 10.0 Å². The Bertz CT molecular complexity index is 623. The summed E-state index contributed by atoms with van der Waals surface area (Å²) >= 11 is 0. The molecule has 0 aromatic heterocycles. The third kappa shape index (κ3) is 5.63. The first-order valence-electron chi connectivity index (χ1n) is 7.07. The Hall–Kier alpha value is -0.830. The fraction of sp³-hybridized carbons (Fsp3) is 0.571. The molecule has 2 N–H and O–H groups in total. The van der Waals surface area contributed by atoms with E-state index in [1.54, 1.807) is 0 Å². The standard InChI is InChI=1S/C14H19F3N2O2S.ClH/c1-10-13(7-4-8-18-10)19-22(20,21)9-11-5-2-3-6-12(11)14(15,16)17;/h2-3,5-6,10,13,18-19H,4,7-9H2,1H3;1H. The molecule has 1 heterocycles. The van der Waals surface area contributed by atoms with Gasteiger partial charge in [0.25, 0.3) is 0 Å². The van der Waals surface area contributed by atoms with E-state index in [0.717, 1.165) is 19.0 Å². The summed E-state index contributed by atoms with van der Waals surface area (Å²) in [5.74, 6) is -0.675. The van der Waals surface area contributed by atoms with Crippen LogP contribution in [0.2, 0.25) is 0 Å². The maximum Gasteiger partial charge on any atom is 0.416 e. The summed E-state index contributed by atoms with van der Waals surface area (Å²) in [5, 5.41) is 3.15. The van der Waals surface area contributed by atoms with Gasteiger partial charge in [0.2, 0.25) is 10.0 Å². The predicted octanol–water partition coefficient (Wildman–Crippen LogP) is 2.69. The lowest BCUT2D eigenvalue weighted by molar-refractivity contribution is -0.138. The molecule has 9 heteroatoms. The zero-order chi connectivity index (χ0) is 16.4. The minimum absolute atomic E-state index is 0. The van der Waals surface area contributed by atoms with Crippen molar-refractivity contribution in [1.29, 1.82) is 0 Å². The minimum Gasteiger partial charge on any atom is -0.313 e. The zero-order valence-corrected chi connectivity index (χ0v) is 14.2. The first kappa shape index (κ1) is 20.2. The highest BCUT2D eigenvalue weighted by Crippen LogP contribution is 2.32. The number of sulfonamides is 1. The van der Waals surface area contributed by atoms with E-state index in [4.69, 9.17) is 0 Å². The van der Waals surface area contributed by atoms with Crippen molar-refractivity contribution in [3.8, 4) is 0 Å². The third-order valence-corrected chi connectivity index (χ3v) is 5.11. The van der Waals surface area contributed by atoms with Crippen molar-refractivity contribution >= 4 is 22.4 Å². The summed E-state index contributed by atoms with van der Waals surface area (Å²) in [6.45, 7) is 2.67. The van der Waals surface area contributed by atoms with Gasteiger partial charge < -0.3 is 5.32 Å². The lowest BCUT2D eigenvalue weighted by Crippen LogP contribution is -2.52. The number of benzene rings is 1. The molecule has 2 atom stereocenters. The number of alkyl halides is 3. The Balaban J connectivity index is 0.00000264. The molecular formula is C14H20ClF3N2O2S. The van der Waals surface area contributed by atoms with Gasteiger partial charge in [-0.25, -0.2) is 13.1 Å². The van der Waals surface area contributed by atoms with Gasteiger partial charge in [-0.1, -0.05) is 18.2 Å². The average Bonchev–Trinajstić information content (AvgIpc) is 2.40. The zero-order valence-electron chi connectivity index (χ0n) is 12.6. The van der Waals surface area contributed by atoms with Crippen LogP contribution in [-0.2, 0) is 22.0 Å². The quantitative estimate of drug-likeness (QED) is 0.854. The number of hydrogen-bond donors (Lipinski definition) is 2. The molecule has 0 aliphatic carbocycles. The Morgan fingerprint density at radius 1 is 1.30 bits per heavy atom. The molecule has 1 aromatic rings. The van der Waals surface area contributed by atoms with Gasteiger partial charge >= 0.3 is 6.18 Å². The van der Waals surface area contributed by atoms with Crippen LogP contribution in [0.4, 0.5) is 13.2 Å². The first-order chi connectivity index (χ1) is 10.2. The Morgan fingerprint density at radius 3 is 2.57 bits per heavy atom. The van der Waals surface area contributed by atoms with Gasteiger partial charge in [0, 0.05) is 12.1 Å². The highest BCUT2D eigenvalue weighted by atomic mass is 35.5. The summed E-state index contributed by atoms with van der Waals surface area (Å²) in [5.41, 5.74) is -1.14. The Labute approximate surface area is 140 Å². The molecule has 1 aliphatic heterocycles.